The second kappa shape index (κ2) is 5.72. The summed E-state index contributed by atoms with van der Waals surface area (Å²) < 4.78 is 19.3. The molecule has 0 unspecified atom stereocenters. The third-order valence-corrected chi connectivity index (χ3v) is 3.38. The van der Waals surface area contributed by atoms with E-state index in [-0.39, 0.29) is 5.56 Å². The molecule has 0 atom stereocenters. The molecule has 0 radical (unpaired) electrons. The van der Waals surface area contributed by atoms with Gasteiger partial charge in [-0.15, -0.1) is 0 Å². The van der Waals surface area contributed by atoms with E-state index in [0.29, 0.717) is 20.8 Å². The Morgan fingerprint density at radius 2 is 2.00 bits per heavy atom. The normalized spacial score (nSPS) is 10.3. The van der Waals surface area contributed by atoms with E-state index in [9.17, 15) is 9.18 Å². The molecule has 2 aromatic rings. The third kappa shape index (κ3) is 2.96. The number of methoxy groups -OCH3 is 1. The first-order chi connectivity index (χ1) is 9.02. The lowest BCUT2D eigenvalue weighted by Crippen LogP contribution is -2.04. The van der Waals surface area contributed by atoms with Gasteiger partial charge in [-0.3, -0.25) is 4.79 Å². The van der Waals surface area contributed by atoms with Crippen molar-refractivity contribution in [1.29, 1.82) is 0 Å². The van der Waals surface area contributed by atoms with E-state index in [0.717, 1.165) is 0 Å². The van der Waals surface area contributed by atoms with Crippen molar-refractivity contribution in [1.82, 2.24) is 0 Å². The van der Waals surface area contributed by atoms with Crippen molar-refractivity contribution in [2.24, 2.45) is 0 Å². The molecule has 0 aliphatic rings. The molecule has 0 heterocycles. The van der Waals surface area contributed by atoms with E-state index in [4.69, 9.17) is 16.3 Å². The van der Waals surface area contributed by atoms with Crippen LogP contribution in [0, 0.1) is 5.82 Å². The van der Waals surface area contributed by atoms with E-state index in [1.807, 2.05) is 0 Å². The molecule has 5 heteroatoms. The van der Waals surface area contributed by atoms with E-state index in [1.165, 1.54) is 31.4 Å². The van der Waals surface area contributed by atoms with Crippen molar-refractivity contribution in [2.45, 2.75) is 0 Å². The molecule has 0 saturated heterocycles. The number of carbonyl (C=O) groups is 1. The molecule has 0 aliphatic heterocycles. The predicted octanol–water partition coefficient (Wildman–Crippen LogP) is 4.48. The molecule has 98 valence electrons. The molecule has 0 saturated carbocycles. The summed E-state index contributed by atoms with van der Waals surface area (Å²) in [5.41, 5.74) is 0.304. The van der Waals surface area contributed by atoms with Gasteiger partial charge >= 0.3 is 0 Å². The Morgan fingerprint density at radius 3 is 2.63 bits per heavy atom. The second-order valence-corrected chi connectivity index (χ2v) is 5.13. The summed E-state index contributed by atoms with van der Waals surface area (Å²) in [4.78, 5) is 12.2. The van der Waals surface area contributed by atoms with Crippen LogP contribution in [-0.2, 0) is 0 Å². The summed E-state index contributed by atoms with van der Waals surface area (Å²) in [7, 11) is 1.48. The lowest BCUT2D eigenvalue weighted by molar-refractivity contribution is 0.103. The highest BCUT2D eigenvalue weighted by Crippen LogP contribution is 2.27. The van der Waals surface area contributed by atoms with E-state index in [1.54, 1.807) is 12.1 Å². The number of carbonyl (C=O) groups excluding carboxylic acids is 1. The summed E-state index contributed by atoms with van der Waals surface area (Å²) in [6.45, 7) is 0. The van der Waals surface area contributed by atoms with Crippen LogP contribution in [0.25, 0.3) is 0 Å². The molecular formula is C14H9BrClFO2. The standard InChI is InChI=1S/C14H9BrClFO2/c1-19-13-5-2-8(6-11(13)16)14(18)10-7-9(15)3-4-12(10)17/h2-7H,1H3. The van der Waals surface area contributed by atoms with Crippen LogP contribution in [0.1, 0.15) is 15.9 Å². The van der Waals surface area contributed by atoms with Crippen LogP contribution >= 0.6 is 27.5 Å². The average Bonchev–Trinajstić information content (AvgIpc) is 2.40. The van der Waals surface area contributed by atoms with E-state index >= 15 is 0 Å². The molecule has 0 amide bonds. The first-order valence-electron chi connectivity index (χ1n) is 5.36. The molecule has 0 spiro atoms. The number of halogens is 3. The Hall–Kier alpha value is -1.39. The van der Waals surface area contributed by atoms with Crippen molar-refractivity contribution >= 4 is 33.3 Å². The quantitative estimate of drug-likeness (QED) is 0.768. The number of rotatable bonds is 3. The van der Waals surface area contributed by atoms with Crippen LogP contribution in [0.3, 0.4) is 0 Å². The average molecular weight is 344 g/mol. The van der Waals surface area contributed by atoms with Gasteiger partial charge in [-0.2, -0.15) is 0 Å². The molecule has 2 nitrogen and oxygen atoms in total. The first-order valence-corrected chi connectivity index (χ1v) is 6.53. The third-order valence-electron chi connectivity index (χ3n) is 2.59. The number of ketones is 1. The minimum Gasteiger partial charge on any atom is -0.495 e. The first kappa shape index (κ1) is 14.0. The Labute approximate surface area is 123 Å². The molecule has 0 fully saturated rings. The van der Waals surface area contributed by atoms with Gasteiger partial charge in [-0.05, 0) is 36.4 Å². The number of hydrogen-bond acceptors (Lipinski definition) is 2. The fourth-order valence-electron chi connectivity index (χ4n) is 1.63. The van der Waals surface area contributed by atoms with Gasteiger partial charge in [0, 0.05) is 10.0 Å². The Kier molecular flexibility index (Phi) is 4.22. The van der Waals surface area contributed by atoms with Gasteiger partial charge < -0.3 is 4.74 Å². The zero-order valence-corrected chi connectivity index (χ0v) is 12.3. The van der Waals surface area contributed by atoms with Crippen molar-refractivity contribution in [3.05, 3.63) is 62.8 Å². The largest absolute Gasteiger partial charge is 0.495 e. The van der Waals surface area contributed by atoms with Gasteiger partial charge in [0.2, 0.25) is 0 Å². The molecule has 2 rings (SSSR count). The van der Waals surface area contributed by atoms with Crippen molar-refractivity contribution < 1.29 is 13.9 Å². The molecule has 0 aromatic heterocycles. The highest BCUT2D eigenvalue weighted by atomic mass is 79.9. The minimum absolute atomic E-state index is 0.00407. The zero-order chi connectivity index (χ0) is 14.0. The second-order valence-electron chi connectivity index (χ2n) is 3.80. The van der Waals surface area contributed by atoms with Gasteiger partial charge in [0.1, 0.15) is 11.6 Å². The fraction of sp³-hybridized carbons (Fsp3) is 0.0714. The van der Waals surface area contributed by atoms with Crippen LogP contribution in [-0.4, -0.2) is 12.9 Å². The van der Waals surface area contributed by atoms with Crippen molar-refractivity contribution in [2.75, 3.05) is 7.11 Å². The lowest BCUT2D eigenvalue weighted by atomic mass is 10.0. The number of benzene rings is 2. The highest BCUT2D eigenvalue weighted by Gasteiger charge is 2.15. The van der Waals surface area contributed by atoms with Crippen LogP contribution in [0.2, 0.25) is 5.02 Å². The summed E-state index contributed by atoms with van der Waals surface area (Å²) in [5.74, 6) is -0.531. The van der Waals surface area contributed by atoms with Crippen LogP contribution < -0.4 is 4.74 Å². The van der Waals surface area contributed by atoms with Crippen LogP contribution in [0.5, 0.6) is 5.75 Å². The number of ether oxygens (including phenoxy) is 1. The molecular weight excluding hydrogens is 335 g/mol. The number of hydrogen-bond donors (Lipinski definition) is 0. The van der Waals surface area contributed by atoms with Crippen molar-refractivity contribution in [3.8, 4) is 5.75 Å². The molecule has 0 bridgehead atoms. The SMILES string of the molecule is COc1ccc(C(=O)c2cc(Br)ccc2F)cc1Cl. The van der Waals surface area contributed by atoms with Gasteiger partial charge in [0.15, 0.2) is 5.78 Å². The monoisotopic (exact) mass is 342 g/mol. The Balaban J connectivity index is 2.44. The van der Waals surface area contributed by atoms with Gasteiger partial charge in [0.25, 0.3) is 0 Å². The Bertz CT molecular complexity index is 643. The maximum Gasteiger partial charge on any atom is 0.196 e. The van der Waals surface area contributed by atoms with Gasteiger partial charge in [-0.25, -0.2) is 4.39 Å². The smallest absolute Gasteiger partial charge is 0.196 e. The van der Waals surface area contributed by atoms with E-state index in [2.05, 4.69) is 15.9 Å². The summed E-state index contributed by atoms with van der Waals surface area (Å²) in [6.07, 6.45) is 0. The van der Waals surface area contributed by atoms with Crippen molar-refractivity contribution in [3.63, 3.8) is 0 Å². The van der Waals surface area contributed by atoms with Gasteiger partial charge in [-0.1, -0.05) is 27.5 Å². The summed E-state index contributed by atoms with van der Waals surface area (Å²) in [6, 6.07) is 8.80. The summed E-state index contributed by atoms with van der Waals surface area (Å²) in [5, 5.41) is 0.309. The van der Waals surface area contributed by atoms with E-state index < -0.39 is 11.6 Å². The van der Waals surface area contributed by atoms with Crippen LogP contribution in [0.4, 0.5) is 4.39 Å². The maximum absolute atomic E-state index is 13.7. The molecule has 0 N–H and O–H groups in total. The summed E-state index contributed by atoms with van der Waals surface area (Å²) >= 11 is 9.16. The fourth-order valence-corrected chi connectivity index (χ4v) is 2.25. The Morgan fingerprint density at radius 1 is 1.26 bits per heavy atom. The molecule has 0 aliphatic carbocycles. The minimum atomic E-state index is -0.569. The van der Waals surface area contributed by atoms with Gasteiger partial charge in [0.05, 0.1) is 17.7 Å². The lowest BCUT2D eigenvalue weighted by Gasteiger charge is -2.06. The van der Waals surface area contributed by atoms with Crippen LogP contribution in [0.15, 0.2) is 40.9 Å². The zero-order valence-electron chi connectivity index (χ0n) is 9.91. The topological polar surface area (TPSA) is 26.3 Å². The predicted molar refractivity (Wildman–Crippen MR) is 75.5 cm³/mol. The molecule has 19 heavy (non-hydrogen) atoms. The maximum atomic E-state index is 13.7. The highest BCUT2D eigenvalue weighted by molar-refractivity contribution is 9.10. The molecule has 2 aromatic carbocycles.